The number of halogens is 1. The molecule has 216 valence electrons. The minimum Gasteiger partial charge on any atom is -0.481 e. The summed E-state index contributed by atoms with van der Waals surface area (Å²) in [6.07, 6.45) is -2.41. The number of hydrogen-bond donors (Lipinski definition) is 4. The zero-order valence-corrected chi connectivity index (χ0v) is 23.3. The Morgan fingerprint density at radius 3 is 2.07 bits per heavy atom. The lowest BCUT2D eigenvalue weighted by Crippen LogP contribution is -2.43. The highest BCUT2D eigenvalue weighted by Crippen LogP contribution is 2.48. The molecule has 2 unspecified atom stereocenters. The molecule has 41 heavy (non-hydrogen) atoms. The van der Waals surface area contributed by atoms with Crippen LogP contribution in [0.2, 0.25) is 0 Å². The van der Waals surface area contributed by atoms with Crippen molar-refractivity contribution in [2.24, 2.45) is 11.8 Å². The maximum atomic E-state index is 14.1. The number of carboxylic acid groups (broad SMARTS) is 1. The Labute approximate surface area is 240 Å². The Hall–Kier alpha value is -4.01. The third kappa shape index (κ3) is 7.39. The van der Waals surface area contributed by atoms with E-state index in [1.807, 2.05) is 74.5 Å². The van der Waals surface area contributed by atoms with Crippen molar-refractivity contribution >= 4 is 28.8 Å². The molecule has 0 saturated heterocycles. The number of rotatable bonds is 12. The molecule has 3 aromatic rings. The number of anilines is 1. The van der Waals surface area contributed by atoms with Crippen LogP contribution in [-0.2, 0) is 9.59 Å². The summed E-state index contributed by atoms with van der Waals surface area (Å²) < 4.78 is 14.0. The van der Waals surface area contributed by atoms with Crippen LogP contribution in [-0.4, -0.2) is 56.9 Å². The molecule has 0 saturated carbocycles. The van der Waals surface area contributed by atoms with Gasteiger partial charge in [0, 0.05) is 24.0 Å². The van der Waals surface area contributed by atoms with Gasteiger partial charge in [0.1, 0.15) is 5.82 Å². The van der Waals surface area contributed by atoms with E-state index in [1.54, 1.807) is 12.1 Å². The number of aliphatic carboxylic acids is 1. The molecule has 0 aromatic heterocycles. The highest BCUT2D eigenvalue weighted by molar-refractivity contribution is 6.08. The summed E-state index contributed by atoms with van der Waals surface area (Å²) in [5, 5.41) is 32.9. The molecular formula is C33H37FN2O5. The maximum absolute atomic E-state index is 14.1. The molecule has 0 bridgehead atoms. The van der Waals surface area contributed by atoms with Gasteiger partial charge in [-0.05, 0) is 71.9 Å². The summed E-state index contributed by atoms with van der Waals surface area (Å²) in [7, 11) is 0. The van der Waals surface area contributed by atoms with Gasteiger partial charge in [-0.1, -0.05) is 62.4 Å². The Kier molecular flexibility index (Phi) is 9.91. The summed E-state index contributed by atoms with van der Waals surface area (Å²) in [6, 6.07) is 24.8. The van der Waals surface area contributed by atoms with Crippen molar-refractivity contribution in [3.8, 4) is 0 Å². The monoisotopic (exact) mass is 560 g/mol. The standard InChI is InChI=1S/C33H37FN2O5/c1-21(2)31-30(33(41)35-25-11-7-4-8-12-25)29(22-9-5-3-6-10-22)32(23-13-15-24(34)16-14-23)36(31)18-17-26(37)19-27(38)20-28(39)40/h3-16,21,26-27,30-31,37-38H,17-20H2,1-2H3,(H,35,41)(H,39,40)/t26-,27+,30?,31?/m0/s1. The van der Waals surface area contributed by atoms with E-state index in [2.05, 4.69) is 10.2 Å². The average molecular weight is 561 g/mol. The molecule has 0 radical (unpaired) electrons. The van der Waals surface area contributed by atoms with Gasteiger partial charge >= 0.3 is 5.97 Å². The highest BCUT2D eigenvalue weighted by Gasteiger charge is 2.46. The van der Waals surface area contributed by atoms with Crippen molar-refractivity contribution in [3.05, 3.63) is 102 Å². The summed E-state index contributed by atoms with van der Waals surface area (Å²) in [4.78, 5) is 27.2. The van der Waals surface area contributed by atoms with Crippen LogP contribution in [0.1, 0.15) is 44.2 Å². The van der Waals surface area contributed by atoms with Gasteiger partial charge in [-0.25, -0.2) is 4.39 Å². The van der Waals surface area contributed by atoms with Crippen LogP contribution in [0.4, 0.5) is 10.1 Å². The molecule has 0 spiro atoms. The Balaban J connectivity index is 1.79. The van der Waals surface area contributed by atoms with Gasteiger partial charge in [-0.2, -0.15) is 0 Å². The number of amides is 1. The van der Waals surface area contributed by atoms with E-state index in [-0.39, 0.29) is 36.5 Å². The van der Waals surface area contributed by atoms with Gasteiger partial charge in [0.25, 0.3) is 0 Å². The first-order chi connectivity index (χ1) is 19.7. The fourth-order valence-corrected chi connectivity index (χ4v) is 5.70. The second-order valence-corrected chi connectivity index (χ2v) is 10.8. The first kappa shape index (κ1) is 30.0. The summed E-state index contributed by atoms with van der Waals surface area (Å²) in [6.45, 7) is 4.43. The Morgan fingerprint density at radius 2 is 1.49 bits per heavy atom. The second kappa shape index (κ2) is 13.6. The molecular weight excluding hydrogens is 523 g/mol. The molecule has 8 heteroatoms. The number of aliphatic hydroxyl groups is 2. The molecule has 4 rings (SSSR count). The van der Waals surface area contributed by atoms with Gasteiger partial charge in [0.15, 0.2) is 0 Å². The van der Waals surface area contributed by atoms with Crippen molar-refractivity contribution in [2.45, 2.75) is 51.4 Å². The van der Waals surface area contributed by atoms with E-state index < -0.39 is 30.5 Å². The minimum atomic E-state index is -1.17. The molecule has 4 atom stereocenters. The Morgan fingerprint density at radius 1 is 0.878 bits per heavy atom. The second-order valence-electron chi connectivity index (χ2n) is 10.8. The van der Waals surface area contributed by atoms with Crippen LogP contribution in [0.25, 0.3) is 11.3 Å². The maximum Gasteiger partial charge on any atom is 0.305 e. The molecule has 1 heterocycles. The van der Waals surface area contributed by atoms with Crippen LogP contribution in [0.5, 0.6) is 0 Å². The van der Waals surface area contributed by atoms with E-state index in [0.29, 0.717) is 12.2 Å². The van der Waals surface area contributed by atoms with Crippen molar-refractivity contribution in [3.63, 3.8) is 0 Å². The predicted molar refractivity (Wildman–Crippen MR) is 157 cm³/mol. The van der Waals surface area contributed by atoms with E-state index >= 15 is 0 Å². The van der Waals surface area contributed by atoms with E-state index in [1.165, 1.54) is 12.1 Å². The number of carbonyl (C=O) groups excluding carboxylic acids is 1. The van der Waals surface area contributed by atoms with Crippen LogP contribution < -0.4 is 5.32 Å². The number of nitrogens with one attached hydrogen (secondary N) is 1. The zero-order chi connectivity index (χ0) is 29.5. The van der Waals surface area contributed by atoms with Crippen LogP contribution in [0.15, 0.2) is 84.9 Å². The predicted octanol–water partition coefficient (Wildman–Crippen LogP) is 5.27. The van der Waals surface area contributed by atoms with Crippen molar-refractivity contribution in [1.29, 1.82) is 0 Å². The summed E-state index contributed by atoms with van der Waals surface area (Å²) in [5.74, 6) is -2.26. The third-order valence-corrected chi connectivity index (χ3v) is 7.42. The van der Waals surface area contributed by atoms with Gasteiger partial charge in [0.2, 0.25) is 5.91 Å². The molecule has 0 fully saturated rings. The number of carbonyl (C=O) groups is 2. The van der Waals surface area contributed by atoms with Gasteiger partial charge < -0.3 is 25.5 Å². The van der Waals surface area contributed by atoms with E-state index in [9.17, 15) is 24.2 Å². The molecule has 4 N–H and O–H groups in total. The van der Waals surface area contributed by atoms with Crippen LogP contribution >= 0.6 is 0 Å². The lowest BCUT2D eigenvalue weighted by atomic mass is 9.83. The van der Waals surface area contributed by atoms with Gasteiger partial charge in [-0.3, -0.25) is 9.59 Å². The molecule has 1 aliphatic heterocycles. The molecule has 1 amide bonds. The number of para-hydroxylation sites is 1. The SMILES string of the molecule is CC(C)C1C(C(=O)Nc2ccccc2)C(c2ccccc2)=C(c2ccc(F)cc2)N1CC[C@H](O)C[C@@H](O)CC(=O)O. The molecule has 0 aliphatic carbocycles. The zero-order valence-electron chi connectivity index (χ0n) is 23.3. The number of hydrogen-bond acceptors (Lipinski definition) is 5. The topological polar surface area (TPSA) is 110 Å². The molecule has 1 aliphatic rings. The number of benzene rings is 3. The molecule has 3 aromatic carbocycles. The number of nitrogens with zero attached hydrogens (tertiary/aromatic N) is 1. The molecule has 7 nitrogen and oxygen atoms in total. The summed E-state index contributed by atoms with van der Waals surface area (Å²) in [5.41, 5.74) is 3.88. The van der Waals surface area contributed by atoms with Gasteiger partial charge in [0.05, 0.1) is 24.5 Å². The van der Waals surface area contributed by atoms with Crippen LogP contribution in [0, 0.1) is 17.7 Å². The van der Waals surface area contributed by atoms with Crippen molar-refractivity contribution in [1.82, 2.24) is 4.90 Å². The normalized spacial score (nSPS) is 18.4. The lowest BCUT2D eigenvalue weighted by Gasteiger charge is -2.35. The van der Waals surface area contributed by atoms with Crippen LogP contribution in [0.3, 0.4) is 0 Å². The fourth-order valence-electron chi connectivity index (χ4n) is 5.70. The smallest absolute Gasteiger partial charge is 0.305 e. The largest absolute Gasteiger partial charge is 0.481 e. The van der Waals surface area contributed by atoms with E-state index in [0.717, 1.165) is 22.4 Å². The Bertz CT molecular complexity index is 1350. The van der Waals surface area contributed by atoms with Crippen molar-refractivity contribution in [2.75, 3.05) is 11.9 Å². The lowest BCUT2D eigenvalue weighted by molar-refractivity contribution is -0.139. The fraction of sp³-hybridized carbons (Fsp3) is 0.333. The van der Waals surface area contributed by atoms with E-state index in [4.69, 9.17) is 5.11 Å². The minimum absolute atomic E-state index is 0.00734. The first-order valence-electron chi connectivity index (χ1n) is 13.9. The van der Waals surface area contributed by atoms with Gasteiger partial charge in [-0.15, -0.1) is 0 Å². The average Bonchev–Trinajstić information content (AvgIpc) is 3.28. The quantitative estimate of drug-likeness (QED) is 0.240. The highest BCUT2D eigenvalue weighted by atomic mass is 19.1. The third-order valence-electron chi connectivity index (χ3n) is 7.42. The number of aliphatic hydroxyl groups excluding tert-OH is 2. The first-order valence-corrected chi connectivity index (χ1v) is 13.9. The summed E-state index contributed by atoms with van der Waals surface area (Å²) >= 11 is 0. The number of carboxylic acids is 1. The van der Waals surface area contributed by atoms with Crippen molar-refractivity contribution < 1.29 is 29.3 Å².